The van der Waals surface area contributed by atoms with Crippen molar-refractivity contribution in [2.24, 2.45) is 0 Å². The van der Waals surface area contributed by atoms with Gasteiger partial charge in [0.2, 0.25) is 5.91 Å². The van der Waals surface area contributed by atoms with Crippen LogP contribution in [0.2, 0.25) is 10.2 Å². The van der Waals surface area contributed by atoms with Crippen LogP contribution in [0, 0.1) is 0 Å². The van der Waals surface area contributed by atoms with Crippen LogP contribution in [0.4, 0.5) is 18.9 Å². The molecule has 0 bridgehead atoms. The lowest BCUT2D eigenvalue weighted by Crippen LogP contribution is -2.23. The number of fused-ring (bicyclic) bond motifs is 3. The number of nitrogens with one attached hydrogen (secondary N) is 1. The molecule has 1 aliphatic rings. The number of carbonyl (C=O) groups is 1. The molecule has 2 N–H and O–H groups in total. The molecule has 4 aromatic heterocycles. The van der Waals surface area contributed by atoms with Crippen molar-refractivity contribution in [3.63, 3.8) is 0 Å². The van der Waals surface area contributed by atoms with Gasteiger partial charge < -0.3 is 10.4 Å². The van der Waals surface area contributed by atoms with Gasteiger partial charge in [-0.3, -0.25) is 4.79 Å². The molecule has 2 unspecified atom stereocenters. The molecule has 5 rings (SSSR count). The third-order valence-corrected chi connectivity index (χ3v) is 5.57. The molecule has 0 fully saturated rings. The number of halogens is 5. The van der Waals surface area contributed by atoms with Crippen molar-refractivity contribution >= 4 is 40.4 Å². The number of hydrogen-bond donors (Lipinski definition) is 2. The van der Waals surface area contributed by atoms with E-state index >= 15 is 0 Å². The third kappa shape index (κ3) is 4.92. The normalized spacial score (nSPS) is 17.1. The fraction of sp³-hybridized carbons (Fsp3) is 0.300. The van der Waals surface area contributed by atoms with Gasteiger partial charge in [-0.05, 0) is 19.4 Å². The summed E-state index contributed by atoms with van der Waals surface area (Å²) in [6.07, 6.45) is 0.393. The standard InChI is InChI=1S/C18H11Cl2F3N8O.C2H6O/c19-12-3-8(6-25-16(12)31-26-1-2-27-31)28-17(32)9-4-11(18(21,22)23)15-10(9)7-24-14-5-13(20)29-30(14)15;1-2-3/h1-3,5-7,9,11H,4H2,(H,28,32);3H,2H2,1H3. The van der Waals surface area contributed by atoms with E-state index in [9.17, 15) is 18.0 Å². The molecule has 0 radical (unpaired) electrons. The Morgan fingerprint density at radius 2 is 1.89 bits per heavy atom. The number of aromatic nitrogens is 7. The van der Waals surface area contributed by atoms with E-state index in [-0.39, 0.29) is 45.2 Å². The highest BCUT2D eigenvalue weighted by Crippen LogP contribution is 2.49. The first-order valence-electron chi connectivity index (χ1n) is 10.2. The molecule has 4 heterocycles. The minimum atomic E-state index is -4.58. The summed E-state index contributed by atoms with van der Waals surface area (Å²) < 4.78 is 42.5. The lowest BCUT2D eigenvalue weighted by atomic mass is 10.0. The first kappa shape index (κ1) is 24.8. The second kappa shape index (κ2) is 9.76. The van der Waals surface area contributed by atoms with Crippen molar-refractivity contribution in [3.8, 4) is 5.82 Å². The molecule has 15 heteroatoms. The Kier molecular flexibility index (Phi) is 6.92. The van der Waals surface area contributed by atoms with Crippen LogP contribution in [-0.4, -0.2) is 58.4 Å². The Morgan fingerprint density at radius 1 is 1.20 bits per heavy atom. The lowest BCUT2D eigenvalue weighted by molar-refractivity contribution is -0.152. The van der Waals surface area contributed by atoms with Crippen LogP contribution in [0.25, 0.3) is 11.5 Å². The molecule has 1 aliphatic carbocycles. The highest BCUT2D eigenvalue weighted by molar-refractivity contribution is 6.32. The molecule has 2 atom stereocenters. The largest absolute Gasteiger partial charge is 0.397 e. The number of hydrogen-bond acceptors (Lipinski definition) is 7. The molecule has 35 heavy (non-hydrogen) atoms. The summed E-state index contributed by atoms with van der Waals surface area (Å²) in [6.45, 7) is 1.93. The average molecular weight is 529 g/mol. The van der Waals surface area contributed by atoms with Crippen LogP contribution in [0.5, 0.6) is 0 Å². The van der Waals surface area contributed by atoms with Crippen LogP contribution in [0.15, 0.2) is 36.9 Å². The van der Waals surface area contributed by atoms with Crippen molar-refractivity contribution in [3.05, 3.63) is 58.4 Å². The highest BCUT2D eigenvalue weighted by Gasteiger charge is 2.51. The van der Waals surface area contributed by atoms with Crippen LogP contribution in [-0.2, 0) is 4.79 Å². The van der Waals surface area contributed by atoms with E-state index < -0.39 is 30.3 Å². The summed E-state index contributed by atoms with van der Waals surface area (Å²) in [5, 5.41) is 22.1. The molecule has 184 valence electrons. The summed E-state index contributed by atoms with van der Waals surface area (Å²) in [6, 6.07) is 2.77. The van der Waals surface area contributed by atoms with Gasteiger partial charge in [0.1, 0.15) is 0 Å². The van der Waals surface area contributed by atoms with Crippen molar-refractivity contribution < 1.29 is 23.1 Å². The van der Waals surface area contributed by atoms with Gasteiger partial charge in [0.05, 0.1) is 46.8 Å². The number of aliphatic hydroxyl groups is 1. The Hall–Kier alpha value is -3.29. The number of nitrogens with zero attached hydrogens (tertiary/aromatic N) is 7. The maximum absolute atomic E-state index is 13.8. The molecule has 0 saturated heterocycles. The summed E-state index contributed by atoms with van der Waals surface area (Å²) in [5.41, 5.74) is 0.367. The van der Waals surface area contributed by atoms with Gasteiger partial charge in [0, 0.05) is 24.4 Å². The van der Waals surface area contributed by atoms with E-state index in [1.165, 1.54) is 41.7 Å². The smallest absolute Gasteiger partial charge is 0.397 e. The number of carbonyl (C=O) groups excluding carboxylic acids is 1. The number of aliphatic hydroxyl groups excluding tert-OH is 1. The lowest BCUT2D eigenvalue weighted by Gasteiger charge is -2.16. The van der Waals surface area contributed by atoms with E-state index in [0.717, 1.165) is 4.52 Å². The van der Waals surface area contributed by atoms with Crippen LogP contribution in [0.1, 0.15) is 36.4 Å². The van der Waals surface area contributed by atoms with E-state index in [4.69, 9.17) is 28.3 Å². The monoisotopic (exact) mass is 528 g/mol. The topological polar surface area (TPSA) is 123 Å². The van der Waals surface area contributed by atoms with Gasteiger partial charge in [0.15, 0.2) is 16.6 Å². The molecule has 0 aliphatic heterocycles. The van der Waals surface area contributed by atoms with E-state index in [2.05, 4.69) is 30.6 Å². The zero-order chi connectivity index (χ0) is 25.3. The van der Waals surface area contributed by atoms with Gasteiger partial charge in [-0.15, -0.1) is 4.80 Å². The Bertz CT molecular complexity index is 1360. The number of amides is 1. The minimum absolute atomic E-state index is 0.00667. The first-order chi connectivity index (χ1) is 16.6. The van der Waals surface area contributed by atoms with Crippen molar-refractivity contribution in [2.75, 3.05) is 11.9 Å². The molecule has 4 aromatic rings. The summed E-state index contributed by atoms with van der Waals surface area (Å²) in [5.74, 6) is -3.42. The number of anilines is 1. The molecule has 0 saturated carbocycles. The summed E-state index contributed by atoms with van der Waals surface area (Å²) in [7, 11) is 0. The predicted octanol–water partition coefficient (Wildman–Crippen LogP) is 3.78. The average Bonchev–Trinajstić information content (AvgIpc) is 3.51. The molecule has 1 amide bonds. The van der Waals surface area contributed by atoms with Crippen LogP contribution >= 0.6 is 23.2 Å². The van der Waals surface area contributed by atoms with Gasteiger partial charge in [-0.2, -0.15) is 28.5 Å². The van der Waals surface area contributed by atoms with Gasteiger partial charge >= 0.3 is 6.18 Å². The minimum Gasteiger partial charge on any atom is -0.397 e. The van der Waals surface area contributed by atoms with Gasteiger partial charge in [-0.1, -0.05) is 23.2 Å². The zero-order valence-corrected chi connectivity index (χ0v) is 19.4. The second-order valence-electron chi connectivity index (χ2n) is 7.37. The van der Waals surface area contributed by atoms with Gasteiger partial charge in [0.25, 0.3) is 0 Å². The zero-order valence-electron chi connectivity index (χ0n) is 17.9. The highest BCUT2D eigenvalue weighted by atomic mass is 35.5. The molecule has 10 nitrogen and oxygen atoms in total. The van der Waals surface area contributed by atoms with Crippen LogP contribution in [0.3, 0.4) is 0 Å². The third-order valence-electron chi connectivity index (χ3n) is 5.11. The summed E-state index contributed by atoms with van der Waals surface area (Å²) >= 11 is 12.1. The SMILES string of the molecule is CCO.O=C(Nc1cnc(-n2nccn2)c(Cl)c1)C1CC(C(F)(F)F)c2c1cnc1cc(Cl)nn21. The number of rotatable bonds is 3. The Labute approximate surface area is 205 Å². The Morgan fingerprint density at radius 3 is 2.51 bits per heavy atom. The van der Waals surface area contributed by atoms with Crippen molar-refractivity contribution in [1.82, 2.24) is 34.6 Å². The van der Waals surface area contributed by atoms with Crippen molar-refractivity contribution in [1.29, 1.82) is 0 Å². The van der Waals surface area contributed by atoms with E-state index in [1.54, 1.807) is 6.92 Å². The van der Waals surface area contributed by atoms with Gasteiger partial charge in [-0.25, -0.2) is 14.5 Å². The Balaban J connectivity index is 0.000000917. The molecular weight excluding hydrogens is 512 g/mol. The summed E-state index contributed by atoms with van der Waals surface area (Å²) in [4.78, 5) is 22.4. The second-order valence-corrected chi connectivity index (χ2v) is 8.17. The molecule has 0 aromatic carbocycles. The maximum Gasteiger partial charge on any atom is 0.397 e. The fourth-order valence-electron chi connectivity index (χ4n) is 3.77. The maximum atomic E-state index is 13.8. The van der Waals surface area contributed by atoms with Crippen LogP contribution < -0.4 is 5.32 Å². The number of alkyl halides is 3. The fourth-order valence-corrected chi connectivity index (χ4v) is 4.18. The van der Waals surface area contributed by atoms with E-state index in [0.29, 0.717) is 0 Å². The predicted molar refractivity (Wildman–Crippen MR) is 120 cm³/mol. The molecular formula is C20H17Cl2F3N8O2. The van der Waals surface area contributed by atoms with Crippen molar-refractivity contribution in [2.45, 2.75) is 31.4 Å². The molecule has 0 spiro atoms. The quantitative estimate of drug-likeness (QED) is 0.414. The van der Waals surface area contributed by atoms with E-state index in [1.807, 2.05) is 0 Å². The number of pyridine rings is 1. The first-order valence-corrected chi connectivity index (χ1v) is 10.9.